The zero-order valence-corrected chi connectivity index (χ0v) is 14.6. The Labute approximate surface area is 136 Å². The molecule has 1 atom stereocenters. The highest BCUT2D eigenvalue weighted by Gasteiger charge is 2.36. The molecule has 2 amide bonds. The lowest BCUT2D eigenvalue weighted by Gasteiger charge is -2.37. The lowest BCUT2D eigenvalue weighted by Crippen LogP contribution is -2.51. The molecular weight excluding hydrogens is 316 g/mol. The van der Waals surface area contributed by atoms with Crippen molar-refractivity contribution < 1.29 is 18.0 Å². The van der Waals surface area contributed by atoms with Gasteiger partial charge in [-0.05, 0) is 30.5 Å². The Bertz CT molecular complexity index is 740. The summed E-state index contributed by atoms with van der Waals surface area (Å²) in [6.45, 7) is 5.72. The summed E-state index contributed by atoms with van der Waals surface area (Å²) in [4.78, 5) is 26.4. The van der Waals surface area contributed by atoms with E-state index in [9.17, 15) is 18.0 Å². The number of hydrogen-bond acceptors (Lipinski definition) is 4. The SMILES string of the molecule is CCC(=O)N1c2ccc(S(C)(=O)=O)cc2NC(=O)C1CC(C)C. The molecule has 0 radical (unpaired) electrons. The van der Waals surface area contributed by atoms with Gasteiger partial charge in [0, 0.05) is 12.7 Å². The van der Waals surface area contributed by atoms with Crippen molar-refractivity contribution in [2.24, 2.45) is 5.92 Å². The second-order valence-corrected chi connectivity index (χ2v) is 8.22. The van der Waals surface area contributed by atoms with Crippen molar-refractivity contribution in [3.63, 3.8) is 0 Å². The first-order valence-corrected chi connectivity index (χ1v) is 9.51. The van der Waals surface area contributed by atoms with Gasteiger partial charge in [0.25, 0.3) is 0 Å². The summed E-state index contributed by atoms with van der Waals surface area (Å²) in [5.41, 5.74) is 0.911. The Morgan fingerprint density at radius 1 is 1.35 bits per heavy atom. The van der Waals surface area contributed by atoms with Crippen molar-refractivity contribution in [3.05, 3.63) is 18.2 Å². The quantitative estimate of drug-likeness (QED) is 0.912. The van der Waals surface area contributed by atoms with Crippen LogP contribution in [-0.2, 0) is 19.4 Å². The molecule has 1 aromatic rings. The Kier molecular flexibility index (Phi) is 4.79. The second-order valence-electron chi connectivity index (χ2n) is 6.20. The normalized spacial score (nSPS) is 17.9. The minimum Gasteiger partial charge on any atom is -0.322 e. The number of amides is 2. The molecule has 126 valence electrons. The van der Waals surface area contributed by atoms with Crippen molar-refractivity contribution >= 4 is 33.0 Å². The lowest BCUT2D eigenvalue weighted by molar-refractivity contribution is -0.124. The second kappa shape index (κ2) is 6.31. The molecule has 1 N–H and O–H groups in total. The number of nitrogens with one attached hydrogen (secondary N) is 1. The molecule has 6 nitrogen and oxygen atoms in total. The van der Waals surface area contributed by atoms with Gasteiger partial charge in [-0.15, -0.1) is 0 Å². The smallest absolute Gasteiger partial charge is 0.247 e. The molecule has 0 spiro atoms. The van der Waals surface area contributed by atoms with Crippen LogP contribution in [0, 0.1) is 5.92 Å². The molecule has 0 fully saturated rings. The largest absolute Gasteiger partial charge is 0.322 e. The van der Waals surface area contributed by atoms with Crippen LogP contribution in [0.4, 0.5) is 11.4 Å². The predicted molar refractivity (Wildman–Crippen MR) is 89.2 cm³/mol. The van der Waals surface area contributed by atoms with Crippen LogP contribution in [0.5, 0.6) is 0 Å². The van der Waals surface area contributed by atoms with Crippen molar-refractivity contribution in [2.75, 3.05) is 16.5 Å². The number of carbonyl (C=O) groups is 2. The molecule has 1 heterocycles. The summed E-state index contributed by atoms with van der Waals surface area (Å²) in [7, 11) is -3.38. The predicted octanol–water partition coefficient (Wildman–Crippen LogP) is 2.20. The molecule has 23 heavy (non-hydrogen) atoms. The summed E-state index contributed by atoms with van der Waals surface area (Å²) >= 11 is 0. The number of anilines is 2. The van der Waals surface area contributed by atoms with E-state index in [4.69, 9.17) is 0 Å². The highest BCUT2D eigenvalue weighted by Crippen LogP contribution is 2.36. The van der Waals surface area contributed by atoms with Crippen LogP contribution >= 0.6 is 0 Å². The van der Waals surface area contributed by atoms with Crippen LogP contribution in [0.1, 0.15) is 33.6 Å². The van der Waals surface area contributed by atoms with Crippen LogP contribution in [0.25, 0.3) is 0 Å². The maximum atomic E-state index is 12.4. The third kappa shape index (κ3) is 3.55. The monoisotopic (exact) mass is 338 g/mol. The van der Waals surface area contributed by atoms with Crippen LogP contribution in [-0.4, -0.2) is 32.5 Å². The van der Waals surface area contributed by atoms with E-state index in [-0.39, 0.29) is 29.0 Å². The van der Waals surface area contributed by atoms with Gasteiger partial charge in [-0.25, -0.2) is 8.42 Å². The average molecular weight is 338 g/mol. The molecule has 0 aliphatic carbocycles. The minimum absolute atomic E-state index is 0.114. The van der Waals surface area contributed by atoms with Crippen molar-refractivity contribution in [1.29, 1.82) is 0 Å². The van der Waals surface area contributed by atoms with Crippen molar-refractivity contribution in [2.45, 2.75) is 44.6 Å². The van der Waals surface area contributed by atoms with Crippen LogP contribution in [0.2, 0.25) is 0 Å². The van der Waals surface area contributed by atoms with Crippen molar-refractivity contribution in [1.82, 2.24) is 0 Å². The number of hydrogen-bond donors (Lipinski definition) is 1. The van der Waals surface area contributed by atoms with E-state index in [0.717, 1.165) is 6.26 Å². The van der Waals surface area contributed by atoms with Crippen LogP contribution < -0.4 is 10.2 Å². The number of benzene rings is 1. The first-order chi connectivity index (χ1) is 10.6. The third-order valence-electron chi connectivity index (χ3n) is 3.79. The molecule has 1 unspecified atom stereocenters. The standard InChI is InChI=1S/C16H22N2O4S/c1-5-15(19)18-13-7-6-11(23(4,21)22)9-12(13)17-16(20)14(18)8-10(2)3/h6-7,9-10,14H,5,8H2,1-4H3,(H,17,20). The fourth-order valence-electron chi connectivity index (χ4n) is 2.69. The molecule has 1 aliphatic heterocycles. The fourth-order valence-corrected chi connectivity index (χ4v) is 3.34. The zero-order chi connectivity index (χ0) is 17.4. The Morgan fingerprint density at radius 3 is 2.52 bits per heavy atom. The van der Waals surface area contributed by atoms with Gasteiger partial charge in [0.2, 0.25) is 11.8 Å². The molecule has 0 bridgehead atoms. The van der Waals surface area contributed by atoms with Gasteiger partial charge in [0.05, 0.1) is 16.3 Å². The van der Waals surface area contributed by atoms with Crippen molar-refractivity contribution in [3.8, 4) is 0 Å². The number of carbonyl (C=O) groups excluding carboxylic acids is 2. The Morgan fingerprint density at radius 2 is 2.00 bits per heavy atom. The summed E-state index contributed by atoms with van der Waals surface area (Å²) in [6.07, 6.45) is 1.93. The minimum atomic E-state index is -3.38. The molecular formula is C16H22N2O4S. The Balaban J connectivity index is 2.55. The van der Waals surface area contributed by atoms with Gasteiger partial charge >= 0.3 is 0 Å². The van der Waals surface area contributed by atoms with Gasteiger partial charge in [0.15, 0.2) is 9.84 Å². The van der Waals surface area contributed by atoms with E-state index in [2.05, 4.69) is 5.32 Å². The van der Waals surface area contributed by atoms with Crippen LogP contribution in [0.15, 0.2) is 23.1 Å². The average Bonchev–Trinajstić information content (AvgIpc) is 2.45. The van der Waals surface area contributed by atoms with E-state index in [1.165, 1.54) is 17.0 Å². The topological polar surface area (TPSA) is 83.6 Å². The lowest BCUT2D eigenvalue weighted by atomic mass is 9.98. The van der Waals surface area contributed by atoms with Gasteiger partial charge in [0.1, 0.15) is 6.04 Å². The molecule has 1 aliphatic rings. The number of nitrogens with zero attached hydrogens (tertiary/aromatic N) is 1. The van der Waals surface area contributed by atoms with Crippen LogP contribution in [0.3, 0.4) is 0 Å². The number of fused-ring (bicyclic) bond motifs is 1. The molecule has 2 rings (SSSR count). The first-order valence-electron chi connectivity index (χ1n) is 7.62. The highest BCUT2D eigenvalue weighted by atomic mass is 32.2. The first kappa shape index (κ1) is 17.5. The molecule has 7 heteroatoms. The maximum absolute atomic E-state index is 12.4. The summed E-state index contributed by atoms with van der Waals surface area (Å²) < 4.78 is 23.4. The van der Waals surface area contributed by atoms with E-state index in [1.54, 1.807) is 13.0 Å². The zero-order valence-electron chi connectivity index (χ0n) is 13.8. The summed E-state index contributed by atoms with van der Waals surface area (Å²) in [5, 5.41) is 2.74. The van der Waals surface area contributed by atoms with Gasteiger partial charge in [-0.1, -0.05) is 20.8 Å². The van der Waals surface area contributed by atoms with Gasteiger partial charge in [-0.2, -0.15) is 0 Å². The Hall–Kier alpha value is -1.89. The number of rotatable bonds is 4. The fraction of sp³-hybridized carbons (Fsp3) is 0.500. The third-order valence-corrected chi connectivity index (χ3v) is 4.90. The summed E-state index contributed by atoms with van der Waals surface area (Å²) in [6, 6.07) is 3.89. The molecule has 0 saturated heterocycles. The molecule has 0 aromatic heterocycles. The number of sulfone groups is 1. The van der Waals surface area contributed by atoms with Gasteiger partial charge < -0.3 is 5.32 Å². The molecule has 0 saturated carbocycles. The van der Waals surface area contributed by atoms with E-state index < -0.39 is 15.9 Å². The van der Waals surface area contributed by atoms with E-state index in [1.807, 2.05) is 13.8 Å². The summed E-state index contributed by atoms with van der Waals surface area (Å²) in [5.74, 6) is -0.188. The maximum Gasteiger partial charge on any atom is 0.247 e. The van der Waals surface area contributed by atoms with Gasteiger partial charge in [-0.3, -0.25) is 14.5 Å². The van der Waals surface area contributed by atoms with E-state index in [0.29, 0.717) is 17.8 Å². The molecule has 1 aromatic carbocycles. The highest BCUT2D eigenvalue weighted by molar-refractivity contribution is 7.90. The van der Waals surface area contributed by atoms with E-state index >= 15 is 0 Å².